The highest BCUT2D eigenvalue weighted by molar-refractivity contribution is 4.95. The molecule has 1 saturated heterocycles. The quantitative estimate of drug-likeness (QED) is 0.839. The predicted octanol–water partition coefficient (Wildman–Crippen LogP) is 2.90. The van der Waals surface area contributed by atoms with Gasteiger partial charge in [0, 0.05) is 25.7 Å². The van der Waals surface area contributed by atoms with Crippen molar-refractivity contribution in [2.45, 2.75) is 65.0 Å². The highest BCUT2D eigenvalue weighted by atomic mass is 16.5. The Bertz CT molecular complexity index is 291. The van der Waals surface area contributed by atoms with Gasteiger partial charge in [-0.05, 0) is 56.5 Å². The molecule has 1 aliphatic heterocycles. The van der Waals surface area contributed by atoms with Crippen LogP contribution in [-0.2, 0) is 4.74 Å². The van der Waals surface area contributed by atoms with Crippen molar-refractivity contribution in [1.82, 2.24) is 10.2 Å². The molecule has 1 N–H and O–H groups in total. The smallest absolute Gasteiger partial charge is 0.0502 e. The van der Waals surface area contributed by atoms with Gasteiger partial charge in [0.25, 0.3) is 0 Å². The largest absolute Gasteiger partial charge is 0.384 e. The van der Waals surface area contributed by atoms with Crippen LogP contribution in [0, 0.1) is 11.3 Å². The third-order valence-electron chi connectivity index (χ3n) is 5.25. The lowest BCUT2D eigenvalue weighted by Crippen LogP contribution is -2.57. The van der Waals surface area contributed by atoms with E-state index in [1.165, 1.54) is 45.2 Å². The molecule has 2 fully saturated rings. The van der Waals surface area contributed by atoms with Crippen LogP contribution in [0.2, 0.25) is 0 Å². The van der Waals surface area contributed by atoms with Gasteiger partial charge in [0.15, 0.2) is 0 Å². The zero-order chi connectivity index (χ0) is 14.6. The summed E-state index contributed by atoms with van der Waals surface area (Å²) in [6.07, 6.45) is 6.70. The van der Waals surface area contributed by atoms with Crippen LogP contribution in [0.25, 0.3) is 0 Å². The molecule has 0 amide bonds. The molecule has 0 bridgehead atoms. The molecule has 3 heteroatoms. The highest BCUT2D eigenvalue weighted by Crippen LogP contribution is 2.38. The molecule has 3 unspecified atom stereocenters. The first-order chi connectivity index (χ1) is 9.55. The summed E-state index contributed by atoms with van der Waals surface area (Å²) in [6, 6.07) is 1.41. The van der Waals surface area contributed by atoms with Gasteiger partial charge in [0.1, 0.15) is 0 Å². The summed E-state index contributed by atoms with van der Waals surface area (Å²) in [5.41, 5.74) is 0.505. The van der Waals surface area contributed by atoms with E-state index in [0.717, 1.165) is 25.1 Å². The van der Waals surface area contributed by atoms with Crippen molar-refractivity contribution in [3.05, 3.63) is 0 Å². The fourth-order valence-corrected chi connectivity index (χ4v) is 4.20. The van der Waals surface area contributed by atoms with Crippen molar-refractivity contribution in [3.63, 3.8) is 0 Å². The van der Waals surface area contributed by atoms with Crippen LogP contribution in [0.5, 0.6) is 0 Å². The molecule has 20 heavy (non-hydrogen) atoms. The molecule has 1 saturated carbocycles. The molecule has 0 radical (unpaired) electrons. The van der Waals surface area contributed by atoms with Crippen molar-refractivity contribution >= 4 is 0 Å². The van der Waals surface area contributed by atoms with Gasteiger partial charge in [-0.2, -0.15) is 0 Å². The second kappa shape index (κ2) is 7.24. The number of likely N-dealkylation sites (tertiary alicyclic amines) is 1. The second-order valence-electron chi connectivity index (χ2n) is 7.60. The molecule has 1 aliphatic carbocycles. The van der Waals surface area contributed by atoms with E-state index in [1.54, 1.807) is 0 Å². The summed E-state index contributed by atoms with van der Waals surface area (Å²) in [4.78, 5) is 2.77. The number of rotatable bonds is 5. The van der Waals surface area contributed by atoms with Crippen LogP contribution in [0.1, 0.15) is 52.9 Å². The third kappa shape index (κ3) is 4.19. The first kappa shape index (κ1) is 16.3. The van der Waals surface area contributed by atoms with Crippen LogP contribution >= 0.6 is 0 Å². The number of ether oxygens (including phenoxy) is 1. The van der Waals surface area contributed by atoms with Gasteiger partial charge in [0.2, 0.25) is 0 Å². The van der Waals surface area contributed by atoms with Crippen molar-refractivity contribution in [2.75, 3.05) is 33.4 Å². The van der Waals surface area contributed by atoms with E-state index in [9.17, 15) is 0 Å². The molecular weight excluding hydrogens is 248 g/mol. The van der Waals surface area contributed by atoms with Crippen molar-refractivity contribution in [1.29, 1.82) is 0 Å². The molecule has 0 aromatic heterocycles. The Kier molecular flexibility index (Phi) is 5.88. The lowest BCUT2D eigenvalue weighted by molar-refractivity contribution is 0.0189. The molecule has 2 aliphatic rings. The summed E-state index contributed by atoms with van der Waals surface area (Å²) >= 11 is 0. The minimum atomic E-state index is 0.505. The van der Waals surface area contributed by atoms with Gasteiger partial charge in [-0.1, -0.05) is 20.8 Å². The maximum atomic E-state index is 5.39. The molecule has 0 aromatic carbocycles. The average Bonchev–Trinajstić information content (AvgIpc) is 2.41. The fraction of sp³-hybridized carbons (Fsp3) is 1.00. The van der Waals surface area contributed by atoms with Crippen molar-refractivity contribution in [3.8, 4) is 0 Å². The maximum absolute atomic E-state index is 5.39. The second-order valence-corrected chi connectivity index (χ2v) is 7.60. The molecule has 3 nitrogen and oxygen atoms in total. The van der Waals surface area contributed by atoms with Crippen LogP contribution in [0.4, 0.5) is 0 Å². The number of piperidine rings is 1. The van der Waals surface area contributed by atoms with Crippen LogP contribution in [0.15, 0.2) is 0 Å². The van der Waals surface area contributed by atoms with E-state index >= 15 is 0 Å². The zero-order valence-corrected chi connectivity index (χ0v) is 14.0. The topological polar surface area (TPSA) is 24.5 Å². The van der Waals surface area contributed by atoms with E-state index in [0.29, 0.717) is 11.5 Å². The SMILES string of the molecule is CCNC1CCC(C)(C)CC1N1CCCC(COC)C1. The third-order valence-corrected chi connectivity index (χ3v) is 5.25. The molecule has 3 atom stereocenters. The normalized spacial score (nSPS) is 35.1. The number of methoxy groups -OCH3 is 1. The van der Waals surface area contributed by atoms with Gasteiger partial charge in [-0.15, -0.1) is 0 Å². The average molecular weight is 282 g/mol. The Labute approximate surface area is 125 Å². The van der Waals surface area contributed by atoms with Gasteiger partial charge < -0.3 is 10.1 Å². The minimum absolute atomic E-state index is 0.505. The van der Waals surface area contributed by atoms with Gasteiger partial charge in [-0.3, -0.25) is 4.90 Å². The Balaban J connectivity index is 2.01. The first-order valence-corrected chi connectivity index (χ1v) is 8.52. The summed E-state index contributed by atoms with van der Waals surface area (Å²) in [5.74, 6) is 0.737. The monoisotopic (exact) mass is 282 g/mol. The Morgan fingerprint density at radius 2 is 2.10 bits per heavy atom. The Morgan fingerprint density at radius 3 is 2.80 bits per heavy atom. The summed E-state index contributed by atoms with van der Waals surface area (Å²) in [7, 11) is 1.84. The van der Waals surface area contributed by atoms with Gasteiger partial charge in [-0.25, -0.2) is 0 Å². The summed E-state index contributed by atoms with van der Waals surface area (Å²) in [6.45, 7) is 11.7. The summed E-state index contributed by atoms with van der Waals surface area (Å²) < 4.78 is 5.39. The lowest BCUT2D eigenvalue weighted by Gasteiger charge is -2.48. The number of hydrogen-bond acceptors (Lipinski definition) is 3. The first-order valence-electron chi connectivity index (χ1n) is 8.52. The minimum Gasteiger partial charge on any atom is -0.384 e. The highest BCUT2D eigenvalue weighted by Gasteiger charge is 2.38. The Morgan fingerprint density at radius 1 is 1.30 bits per heavy atom. The predicted molar refractivity (Wildman–Crippen MR) is 85.1 cm³/mol. The molecule has 0 spiro atoms. The van der Waals surface area contributed by atoms with Crippen LogP contribution < -0.4 is 5.32 Å². The van der Waals surface area contributed by atoms with E-state index < -0.39 is 0 Å². The van der Waals surface area contributed by atoms with Gasteiger partial charge >= 0.3 is 0 Å². The lowest BCUT2D eigenvalue weighted by atomic mass is 9.72. The maximum Gasteiger partial charge on any atom is 0.0502 e. The molecule has 118 valence electrons. The Hall–Kier alpha value is -0.120. The number of nitrogens with zero attached hydrogens (tertiary/aromatic N) is 1. The number of likely N-dealkylation sites (N-methyl/N-ethyl adjacent to an activating group) is 1. The molecular formula is C17H34N2O. The van der Waals surface area contributed by atoms with E-state index in [2.05, 4.69) is 31.0 Å². The standard InChI is InChI=1S/C17H34N2O/c1-5-18-15-8-9-17(2,3)11-16(15)19-10-6-7-14(12-19)13-20-4/h14-16,18H,5-13H2,1-4H3. The van der Waals surface area contributed by atoms with Crippen LogP contribution in [-0.4, -0.2) is 50.3 Å². The van der Waals surface area contributed by atoms with Crippen molar-refractivity contribution < 1.29 is 4.74 Å². The molecule has 1 heterocycles. The van der Waals surface area contributed by atoms with Gasteiger partial charge in [0.05, 0.1) is 6.61 Å². The van der Waals surface area contributed by atoms with E-state index in [1.807, 2.05) is 7.11 Å². The number of hydrogen-bond donors (Lipinski definition) is 1. The van der Waals surface area contributed by atoms with E-state index in [4.69, 9.17) is 4.74 Å². The fourth-order valence-electron chi connectivity index (χ4n) is 4.20. The van der Waals surface area contributed by atoms with E-state index in [-0.39, 0.29) is 0 Å². The molecule has 0 aromatic rings. The number of nitrogens with one attached hydrogen (secondary N) is 1. The molecule has 2 rings (SSSR count). The van der Waals surface area contributed by atoms with Crippen molar-refractivity contribution in [2.24, 2.45) is 11.3 Å². The summed E-state index contributed by atoms with van der Waals surface area (Å²) in [5, 5.41) is 3.74. The zero-order valence-electron chi connectivity index (χ0n) is 14.0. The van der Waals surface area contributed by atoms with Crippen LogP contribution in [0.3, 0.4) is 0 Å².